The topological polar surface area (TPSA) is 104 Å². The number of aliphatic hydroxyl groups excluding tert-OH is 1. The van der Waals surface area contributed by atoms with Gasteiger partial charge in [0.25, 0.3) is 0 Å². The van der Waals surface area contributed by atoms with Crippen molar-refractivity contribution >= 4 is 28.2 Å². The van der Waals surface area contributed by atoms with Crippen LogP contribution in [0.15, 0.2) is 23.6 Å². The van der Waals surface area contributed by atoms with Crippen molar-refractivity contribution in [2.75, 3.05) is 24.2 Å². The molecule has 176 valence electrons. The molecule has 0 amide bonds. The van der Waals surface area contributed by atoms with Crippen LogP contribution in [0.4, 0.5) is 5.82 Å². The van der Waals surface area contributed by atoms with Crippen molar-refractivity contribution in [1.29, 1.82) is 0 Å². The normalized spacial score (nSPS) is 29.8. The number of anilines is 1. The smallest absolute Gasteiger partial charge is 0.147 e. The summed E-state index contributed by atoms with van der Waals surface area (Å²) in [6, 6.07) is 0.399. The average Bonchev–Trinajstić information content (AvgIpc) is 3.15. The quantitative estimate of drug-likeness (QED) is 0.619. The van der Waals surface area contributed by atoms with E-state index in [1.807, 2.05) is 0 Å². The molecule has 0 bridgehead atoms. The summed E-state index contributed by atoms with van der Waals surface area (Å²) in [6.45, 7) is 2.23. The monoisotopic (exact) mass is 488 g/mol. The Kier molecular flexibility index (Phi) is 5.63. The Hall–Kier alpha value is -1.68. The van der Waals surface area contributed by atoms with Gasteiger partial charge in [0.1, 0.15) is 29.1 Å². The van der Waals surface area contributed by atoms with Crippen LogP contribution in [0.1, 0.15) is 56.0 Å². The molecule has 4 atom stereocenters. The number of rotatable bonds is 5. The molecule has 0 radical (unpaired) electrons. The van der Waals surface area contributed by atoms with E-state index in [9.17, 15) is 9.32 Å². The Morgan fingerprint density at radius 3 is 2.58 bits per heavy atom. The second kappa shape index (κ2) is 8.52. The van der Waals surface area contributed by atoms with Crippen molar-refractivity contribution in [2.24, 2.45) is 11.3 Å². The van der Waals surface area contributed by atoms with Crippen molar-refractivity contribution in [3.63, 3.8) is 0 Å². The standard InChI is InChI=1S/C23H29ClN6O2S/c24-15-9-25-20(26-10-15)14-3-6-23(7-4-14)11-30(12-23)18-2-1-16(18)22(31)29-21-19-17(27-13-28-21)5-8-33(19)32/h9-10,13-14,16,18,22,31H,1-8,11-12H2,(H,27,28,29). The summed E-state index contributed by atoms with van der Waals surface area (Å²) in [5.74, 6) is 2.66. The number of aryl methyl sites for hydroxylation is 1. The highest BCUT2D eigenvalue weighted by Crippen LogP contribution is 2.51. The van der Waals surface area contributed by atoms with Crippen LogP contribution in [0.3, 0.4) is 0 Å². The van der Waals surface area contributed by atoms with Gasteiger partial charge in [-0.3, -0.25) is 9.11 Å². The molecule has 3 fully saturated rings. The first-order valence-electron chi connectivity index (χ1n) is 11.9. The average molecular weight is 489 g/mol. The molecule has 2 aromatic heterocycles. The first-order chi connectivity index (χ1) is 16.0. The summed E-state index contributed by atoms with van der Waals surface area (Å²) in [4.78, 5) is 20.6. The number of fused-ring (bicyclic) bond motifs is 1. The minimum atomic E-state index is -1.08. The molecule has 1 spiro atoms. The molecule has 4 unspecified atom stereocenters. The van der Waals surface area contributed by atoms with Crippen LogP contribution >= 0.6 is 11.6 Å². The lowest BCUT2D eigenvalue weighted by atomic mass is 9.63. The van der Waals surface area contributed by atoms with Crippen molar-refractivity contribution in [2.45, 2.75) is 68.0 Å². The van der Waals surface area contributed by atoms with Crippen LogP contribution in [0.5, 0.6) is 0 Å². The Balaban J connectivity index is 1.03. The molecule has 2 N–H and O–H groups in total. The Bertz CT molecular complexity index is 1050. The maximum Gasteiger partial charge on any atom is 0.147 e. The maximum atomic E-state index is 12.3. The summed E-state index contributed by atoms with van der Waals surface area (Å²) in [6.07, 6.45) is 11.7. The van der Waals surface area contributed by atoms with Gasteiger partial charge >= 0.3 is 0 Å². The molecular weight excluding hydrogens is 460 g/mol. The SMILES string of the molecule is O=S1CCc2ncnc(NC(O)C3CCC3N3CC4(CCC(c5ncc(Cl)cn5)CC4)C3)c21. The molecule has 4 heterocycles. The molecule has 8 nitrogen and oxygen atoms in total. The Morgan fingerprint density at radius 2 is 1.88 bits per heavy atom. The summed E-state index contributed by atoms with van der Waals surface area (Å²) in [7, 11) is -1.08. The molecule has 10 heteroatoms. The fourth-order valence-electron chi connectivity index (χ4n) is 6.19. The zero-order valence-electron chi connectivity index (χ0n) is 18.5. The summed E-state index contributed by atoms with van der Waals surface area (Å²) < 4.78 is 12.3. The lowest BCUT2D eigenvalue weighted by Crippen LogP contribution is -2.65. The second-order valence-corrected chi connectivity index (χ2v) is 12.1. The second-order valence-electron chi connectivity index (χ2n) is 10.1. The van der Waals surface area contributed by atoms with Gasteiger partial charge in [-0.25, -0.2) is 19.9 Å². The number of nitrogens with one attached hydrogen (secondary N) is 1. The van der Waals surface area contributed by atoms with E-state index in [1.54, 1.807) is 12.4 Å². The van der Waals surface area contributed by atoms with Gasteiger partial charge in [-0.15, -0.1) is 0 Å². The first-order valence-corrected chi connectivity index (χ1v) is 13.6. The van der Waals surface area contributed by atoms with E-state index in [0.717, 1.165) is 50.3 Å². The van der Waals surface area contributed by atoms with E-state index in [-0.39, 0.29) is 5.92 Å². The maximum absolute atomic E-state index is 12.3. The molecule has 2 aromatic rings. The minimum Gasteiger partial charge on any atom is -0.373 e. The van der Waals surface area contributed by atoms with Crippen LogP contribution in [0.25, 0.3) is 0 Å². The van der Waals surface area contributed by atoms with Gasteiger partial charge in [0, 0.05) is 55.5 Å². The highest BCUT2D eigenvalue weighted by Gasteiger charge is 2.51. The van der Waals surface area contributed by atoms with E-state index in [4.69, 9.17) is 11.6 Å². The van der Waals surface area contributed by atoms with Gasteiger partial charge in [-0.05, 0) is 43.9 Å². The largest absolute Gasteiger partial charge is 0.373 e. The lowest BCUT2D eigenvalue weighted by molar-refractivity contribution is -0.114. The molecule has 4 aliphatic rings. The first kappa shape index (κ1) is 21.8. The highest BCUT2D eigenvalue weighted by atomic mass is 35.5. The van der Waals surface area contributed by atoms with Gasteiger partial charge in [-0.2, -0.15) is 0 Å². The zero-order valence-corrected chi connectivity index (χ0v) is 20.1. The van der Waals surface area contributed by atoms with Crippen molar-refractivity contribution in [3.8, 4) is 0 Å². The number of hydrogen-bond donors (Lipinski definition) is 2. The third-order valence-corrected chi connectivity index (χ3v) is 9.86. The Morgan fingerprint density at radius 1 is 1.12 bits per heavy atom. The molecule has 2 aliphatic heterocycles. The third-order valence-electron chi connectivity index (χ3n) is 8.21. The number of aromatic nitrogens is 4. The molecule has 33 heavy (non-hydrogen) atoms. The summed E-state index contributed by atoms with van der Waals surface area (Å²) >= 11 is 5.93. The molecule has 0 aromatic carbocycles. The molecule has 1 saturated heterocycles. The molecule has 2 aliphatic carbocycles. The van der Waals surface area contributed by atoms with Gasteiger partial charge in [-0.1, -0.05) is 11.6 Å². The van der Waals surface area contributed by atoms with Crippen LogP contribution in [-0.4, -0.2) is 65.3 Å². The number of aliphatic hydroxyl groups is 1. The minimum absolute atomic E-state index is 0.168. The number of hydrogen-bond acceptors (Lipinski definition) is 8. The van der Waals surface area contributed by atoms with Crippen LogP contribution < -0.4 is 5.32 Å². The predicted molar refractivity (Wildman–Crippen MR) is 125 cm³/mol. The number of likely N-dealkylation sites (tertiary alicyclic amines) is 1. The van der Waals surface area contributed by atoms with Crippen LogP contribution in [0.2, 0.25) is 5.02 Å². The van der Waals surface area contributed by atoms with Crippen LogP contribution in [-0.2, 0) is 17.2 Å². The number of halogens is 1. The summed E-state index contributed by atoms with van der Waals surface area (Å²) in [5.41, 5.74) is 1.25. The van der Waals surface area contributed by atoms with E-state index >= 15 is 0 Å². The van der Waals surface area contributed by atoms with Crippen LogP contribution in [0, 0.1) is 11.3 Å². The van der Waals surface area contributed by atoms with Crippen molar-refractivity contribution in [3.05, 3.63) is 35.3 Å². The lowest BCUT2D eigenvalue weighted by Gasteiger charge is -2.60. The third kappa shape index (κ3) is 3.96. The fourth-order valence-corrected chi connectivity index (χ4v) is 7.61. The van der Waals surface area contributed by atoms with Gasteiger partial charge < -0.3 is 10.4 Å². The zero-order chi connectivity index (χ0) is 22.6. The van der Waals surface area contributed by atoms with E-state index in [0.29, 0.717) is 45.3 Å². The fraction of sp³-hybridized carbons (Fsp3) is 0.652. The van der Waals surface area contributed by atoms with Crippen molar-refractivity contribution < 1.29 is 9.32 Å². The van der Waals surface area contributed by atoms with Gasteiger partial charge in [0.05, 0.1) is 21.5 Å². The predicted octanol–water partition coefficient (Wildman–Crippen LogP) is 2.75. The van der Waals surface area contributed by atoms with Crippen molar-refractivity contribution in [1.82, 2.24) is 24.8 Å². The highest BCUT2D eigenvalue weighted by molar-refractivity contribution is 7.85. The molecule has 6 rings (SSSR count). The van der Waals surface area contributed by atoms with E-state index in [2.05, 4.69) is 30.2 Å². The van der Waals surface area contributed by atoms with E-state index < -0.39 is 17.0 Å². The van der Waals surface area contributed by atoms with Gasteiger partial charge in [0.2, 0.25) is 0 Å². The molecule has 2 saturated carbocycles. The van der Waals surface area contributed by atoms with E-state index in [1.165, 1.54) is 19.2 Å². The number of nitrogens with zero attached hydrogens (tertiary/aromatic N) is 5. The molecular formula is C23H29ClN6O2S. The summed E-state index contributed by atoms with van der Waals surface area (Å²) in [5, 5.41) is 14.7. The van der Waals surface area contributed by atoms with Gasteiger partial charge in [0.15, 0.2) is 0 Å². The Labute approximate surface area is 201 Å².